The van der Waals surface area contributed by atoms with Gasteiger partial charge in [-0.15, -0.1) is 0 Å². The van der Waals surface area contributed by atoms with E-state index in [0.717, 1.165) is 6.07 Å². The Bertz CT molecular complexity index is 745. The van der Waals surface area contributed by atoms with Crippen molar-refractivity contribution in [3.63, 3.8) is 0 Å². The Labute approximate surface area is 138 Å². The normalized spacial score (nSPS) is 23.2. The summed E-state index contributed by atoms with van der Waals surface area (Å²) < 4.78 is 32.7. The average Bonchev–Trinajstić information content (AvgIpc) is 2.65. The molecule has 0 saturated carbocycles. The summed E-state index contributed by atoms with van der Waals surface area (Å²) in [4.78, 5) is 15.8. The third kappa shape index (κ3) is 3.28. The lowest BCUT2D eigenvalue weighted by atomic mass is 9.87. The number of aliphatic hydroxyl groups is 1. The lowest BCUT2D eigenvalue weighted by Gasteiger charge is -2.26. The average molecular weight is 333 g/mol. The molecule has 0 amide bonds. The topological polar surface area (TPSA) is 59.4 Å². The van der Waals surface area contributed by atoms with E-state index < -0.39 is 35.7 Å². The highest BCUT2D eigenvalue weighted by atomic mass is 19.1. The molecular weight excluding hydrogens is 316 g/mol. The summed E-state index contributed by atoms with van der Waals surface area (Å²) in [6.45, 7) is 1.28. The Morgan fingerprint density at radius 2 is 1.96 bits per heavy atom. The Balaban J connectivity index is 2.12. The second-order valence-electron chi connectivity index (χ2n) is 5.91. The molecule has 1 heterocycles. The van der Waals surface area contributed by atoms with Crippen LogP contribution in [0.3, 0.4) is 0 Å². The minimum Gasteiger partial charge on any atom is -0.457 e. The zero-order chi connectivity index (χ0) is 17.3. The maximum absolute atomic E-state index is 13.6. The Morgan fingerprint density at radius 1 is 1.25 bits per heavy atom. The van der Waals surface area contributed by atoms with Gasteiger partial charge in [-0.2, -0.15) is 0 Å². The van der Waals surface area contributed by atoms with Crippen LogP contribution in [0.15, 0.2) is 36.5 Å². The third-order valence-corrected chi connectivity index (χ3v) is 4.22. The number of rotatable bonds is 2. The highest BCUT2D eigenvalue weighted by molar-refractivity contribution is 5.66. The molecule has 1 aromatic heterocycles. The van der Waals surface area contributed by atoms with Gasteiger partial charge in [-0.3, -0.25) is 9.78 Å². The van der Waals surface area contributed by atoms with Gasteiger partial charge in [0.05, 0.1) is 11.8 Å². The van der Waals surface area contributed by atoms with Crippen molar-refractivity contribution in [3.8, 4) is 0 Å². The Kier molecular flexibility index (Phi) is 4.57. The lowest BCUT2D eigenvalue weighted by Crippen LogP contribution is -2.18. The van der Waals surface area contributed by atoms with Gasteiger partial charge in [0.2, 0.25) is 0 Å². The van der Waals surface area contributed by atoms with Crippen LogP contribution in [0.4, 0.5) is 8.78 Å². The number of carbonyl (C=O) groups is 1. The number of ether oxygens (including phenoxy) is 1. The smallest absolute Gasteiger partial charge is 0.303 e. The molecule has 0 radical (unpaired) electrons. The summed E-state index contributed by atoms with van der Waals surface area (Å²) in [5, 5.41) is 10.3. The summed E-state index contributed by atoms with van der Waals surface area (Å²) in [6, 6.07) is 6.66. The molecule has 0 unspecified atom stereocenters. The van der Waals surface area contributed by atoms with Crippen LogP contribution in [0.25, 0.3) is 0 Å². The highest BCUT2D eigenvalue weighted by Crippen LogP contribution is 2.44. The molecule has 0 fully saturated rings. The van der Waals surface area contributed by atoms with Gasteiger partial charge < -0.3 is 9.84 Å². The Morgan fingerprint density at radius 3 is 2.62 bits per heavy atom. The van der Waals surface area contributed by atoms with Crippen LogP contribution in [-0.4, -0.2) is 16.1 Å². The molecule has 0 saturated heterocycles. The first-order chi connectivity index (χ1) is 11.5. The Hall–Kier alpha value is -2.34. The van der Waals surface area contributed by atoms with E-state index in [-0.39, 0.29) is 0 Å². The number of hydrogen-bond acceptors (Lipinski definition) is 4. The largest absolute Gasteiger partial charge is 0.457 e. The SMILES string of the molecule is CC(=O)O[C@@H]1c2cccnc2[C@H](O)CC[C@@H]1c1cc(F)cc(F)c1. The second-order valence-corrected chi connectivity index (χ2v) is 5.91. The van der Waals surface area contributed by atoms with Gasteiger partial charge in [0.1, 0.15) is 17.7 Å². The highest BCUT2D eigenvalue weighted by Gasteiger charge is 2.35. The number of halogens is 2. The molecule has 0 aliphatic heterocycles. The number of benzene rings is 1. The van der Waals surface area contributed by atoms with E-state index >= 15 is 0 Å². The minimum absolute atomic E-state index is 0.352. The summed E-state index contributed by atoms with van der Waals surface area (Å²) in [5.41, 5.74) is 1.39. The van der Waals surface area contributed by atoms with Crippen LogP contribution in [0.2, 0.25) is 0 Å². The molecule has 3 rings (SSSR count). The van der Waals surface area contributed by atoms with E-state index in [1.54, 1.807) is 18.3 Å². The molecule has 126 valence electrons. The number of aliphatic hydroxyl groups excluding tert-OH is 1. The first-order valence-corrected chi connectivity index (χ1v) is 7.72. The minimum atomic E-state index is -0.817. The molecular formula is C18H17F2NO3. The summed E-state index contributed by atoms with van der Waals surface area (Å²) in [6.07, 6.45) is 0.727. The number of hydrogen-bond donors (Lipinski definition) is 1. The van der Waals surface area contributed by atoms with Crippen molar-refractivity contribution in [2.45, 2.75) is 37.9 Å². The first-order valence-electron chi connectivity index (χ1n) is 7.72. The fraction of sp³-hybridized carbons (Fsp3) is 0.333. The maximum atomic E-state index is 13.6. The third-order valence-electron chi connectivity index (χ3n) is 4.22. The monoisotopic (exact) mass is 333 g/mol. The molecule has 1 N–H and O–H groups in total. The second kappa shape index (κ2) is 6.65. The van der Waals surface area contributed by atoms with Crippen molar-refractivity contribution in [1.29, 1.82) is 0 Å². The van der Waals surface area contributed by atoms with E-state index in [2.05, 4.69) is 4.98 Å². The molecule has 1 aliphatic carbocycles. The van der Waals surface area contributed by atoms with Gasteiger partial charge in [-0.05, 0) is 36.6 Å². The van der Waals surface area contributed by atoms with Crippen molar-refractivity contribution in [3.05, 3.63) is 65.0 Å². The van der Waals surface area contributed by atoms with Crippen molar-refractivity contribution in [2.75, 3.05) is 0 Å². The maximum Gasteiger partial charge on any atom is 0.303 e. The van der Waals surface area contributed by atoms with Crippen LogP contribution in [-0.2, 0) is 9.53 Å². The van der Waals surface area contributed by atoms with E-state index in [1.807, 2.05) is 0 Å². The molecule has 1 aromatic carbocycles. The molecule has 3 atom stereocenters. The molecule has 0 spiro atoms. The van der Waals surface area contributed by atoms with Crippen molar-refractivity contribution in [2.24, 2.45) is 0 Å². The fourth-order valence-corrected chi connectivity index (χ4v) is 3.25. The molecule has 1 aliphatic rings. The van der Waals surface area contributed by atoms with Crippen LogP contribution < -0.4 is 0 Å². The summed E-state index contributed by atoms with van der Waals surface area (Å²) in [5.74, 6) is -2.36. The van der Waals surface area contributed by atoms with Crippen LogP contribution >= 0.6 is 0 Å². The zero-order valence-electron chi connectivity index (χ0n) is 13.1. The van der Waals surface area contributed by atoms with E-state index in [9.17, 15) is 18.7 Å². The number of fused-ring (bicyclic) bond motifs is 1. The van der Waals surface area contributed by atoms with Gasteiger partial charge in [-0.1, -0.05) is 6.07 Å². The quantitative estimate of drug-likeness (QED) is 0.674. The lowest BCUT2D eigenvalue weighted by molar-refractivity contribution is -0.148. The molecule has 0 bridgehead atoms. The number of carbonyl (C=O) groups excluding carboxylic acids is 1. The van der Waals surface area contributed by atoms with Gasteiger partial charge in [-0.25, -0.2) is 8.78 Å². The number of esters is 1. The van der Waals surface area contributed by atoms with Gasteiger partial charge >= 0.3 is 5.97 Å². The number of aromatic nitrogens is 1. The predicted octanol–water partition coefficient (Wildman–Crippen LogP) is 3.58. The van der Waals surface area contributed by atoms with Crippen LogP contribution in [0.5, 0.6) is 0 Å². The molecule has 6 heteroatoms. The molecule has 2 aromatic rings. The van der Waals surface area contributed by atoms with Gasteiger partial charge in [0.25, 0.3) is 0 Å². The standard InChI is InChI=1S/C18H17F2NO3/c1-10(22)24-18-14(11-7-12(19)9-13(20)8-11)4-5-16(23)17-15(18)3-2-6-21-17/h2-3,6-9,14,16,18,23H,4-5H2,1H3/t14-,16-,18+/m1/s1. The zero-order valence-corrected chi connectivity index (χ0v) is 13.1. The van der Waals surface area contributed by atoms with E-state index in [4.69, 9.17) is 4.74 Å². The summed E-state index contributed by atoms with van der Waals surface area (Å²) in [7, 11) is 0. The van der Waals surface area contributed by atoms with Gasteiger partial charge in [0.15, 0.2) is 0 Å². The van der Waals surface area contributed by atoms with E-state index in [1.165, 1.54) is 19.1 Å². The van der Waals surface area contributed by atoms with Crippen LogP contribution in [0, 0.1) is 11.6 Å². The van der Waals surface area contributed by atoms with Crippen LogP contribution in [0.1, 0.15) is 54.7 Å². The van der Waals surface area contributed by atoms with Crippen molar-refractivity contribution < 1.29 is 23.4 Å². The first kappa shape index (κ1) is 16.5. The molecule has 24 heavy (non-hydrogen) atoms. The van der Waals surface area contributed by atoms with Crippen molar-refractivity contribution >= 4 is 5.97 Å². The van der Waals surface area contributed by atoms with Crippen molar-refractivity contribution in [1.82, 2.24) is 4.98 Å². The van der Waals surface area contributed by atoms with E-state index in [0.29, 0.717) is 29.7 Å². The number of pyridine rings is 1. The summed E-state index contributed by atoms with van der Waals surface area (Å²) >= 11 is 0. The fourth-order valence-electron chi connectivity index (χ4n) is 3.25. The predicted molar refractivity (Wildman–Crippen MR) is 82.0 cm³/mol. The molecule has 4 nitrogen and oxygen atoms in total. The number of nitrogens with zero attached hydrogens (tertiary/aromatic N) is 1. The van der Waals surface area contributed by atoms with Gasteiger partial charge in [0, 0.05) is 30.7 Å².